The van der Waals surface area contributed by atoms with E-state index in [1.54, 1.807) is 4.68 Å². The minimum Gasteiger partial charge on any atom is -0.478 e. The maximum Gasteiger partial charge on any atom is 0.339 e. The van der Waals surface area contributed by atoms with Crippen molar-refractivity contribution in [1.29, 1.82) is 0 Å². The van der Waals surface area contributed by atoms with Crippen LogP contribution in [0.1, 0.15) is 39.1 Å². The number of nitrogens with one attached hydrogen (secondary N) is 1. The second-order valence-corrected chi connectivity index (χ2v) is 7.32. The molecule has 0 atom stereocenters. The van der Waals surface area contributed by atoms with Crippen LogP contribution in [0.5, 0.6) is 0 Å². The molecule has 3 aromatic rings. The lowest BCUT2D eigenvalue weighted by Gasteiger charge is -2.05. The Hall–Kier alpha value is -3.00. The van der Waals surface area contributed by atoms with Gasteiger partial charge in [0.15, 0.2) is 0 Å². The van der Waals surface area contributed by atoms with E-state index in [4.69, 9.17) is 0 Å². The van der Waals surface area contributed by atoms with Crippen molar-refractivity contribution in [3.63, 3.8) is 0 Å². The van der Waals surface area contributed by atoms with Crippen molar-refractivity contribution in [2.45, 2.75) is 33.6 Å². The van der Waals surface area contributed by atoms with Crippen LogP contribution in [0.2, 0.25) is 0 Å². The van der Waals surface area contributed by atoms with Crippen LogP contribution in [0.25, 0.3) is 5.69 Å². The van der Waals surface area contributed by atoms with E-state index in [2.05, 4.69) is 15.6 Å². The molecule has 1 amide bonds. The molecule has 0 bridgehead atoms. The van der Waals surface area contributed by atoms with Gasteiger partial charge in [0.2, 0.25) is 5.91 Å². The van der Waals surface area contributed by atoms with Crippen LogP contribution in [0.3, 0.4) is 0 Å². The van der Waals surface area contributed by atoms with Gasteiger partial charge in [-0.3, -0.25) is 4.79 Å². The number of nitrogens with zero attached hydrogens (tertiary/aromatic N) is 3. The Balaban J connectivity index is 1.80. The fourth-order valence-electron chi connectivity index (χ4n) is 2.98. The molecule has 0 radical (unpaired) electrons. The zero-order chi connectivity index (χ0) is 19.6. The average Bonchev–Trinajstić information content (AvgIpc) is 3.15. The molecule has 0 fully saturated rings. The molecule has 2 aromatic heterocycles. The molecule has 7 nitrogen and oxygen atoms in total. The summed E-state index contributed by atoms with van der Waals surface area (Å²) in [4.78, 5) is 25.0. The Morgan fingerprint density at radius 3 is 2.56 bits per heavy atom. The number of carboxylic acid groups (broad SMARTS) is 1. The third-order valence-corrected chi connectivity index (χ3v) is 5.41. The van der Waals surface area contributed by atoms with Crippen LogP contribution in [-0.2, 0) is 17.6 Å². The minimum absolute atomic E-state index is 0.0239. The van der Waals surface area contributed by atoms with Crippen molar-refractivity contribution < 1.29 is 14.7 Å². The molecule has 0 aliphatic rings. The van der Waals surface area contributed by atoms with Gasteiger partial charge in [-0.25, -0.2) is 9.48 Å². The summed E-state index contributed by atoms with van der Waals surface area (Å²) in [5.41, 5.74) is 3.12. The van der Waals surface area contributed by atoms with Crippen molar-refractivity contribution in [1.82, 2.24) is 15.0 Å². The van der Waals surface area contributed by atoms with E-state index < -0.39 is 5.97 Å². The normalized spacial score (nSPS) is 10.8. The number of rotatable bonds is 6. The Kier molecular flexibility index (Phi) is 5.36. The van der Waals surface area contributed by atoms with Crippen molar-refractivity contribution in [3.8, 4) is 5.69 Å². The first-order valence-corrected chi connectivity index (χ1v) is 9.36. The third kappa shape index (κ3) is 3.75. The molecule has 27 heavy (non-hydrogen) atoms. The van der Waals surface area contributed by atoms with Gasteiger partial charge in [0.25, 0.3) is 0 Å². The summed E-state index contributed by atoms with van der Waals surface area (Å²) < 4.78 is 1.68. The maximum absolute atomic E-state index is 12.5. The second-order valence-electron chi connectivity index (χ2n) is 6.09. The molecule has 2 heterocycles. The van der Waals surface area contributed by atoms with Gasteiger partial charge in [0.05, 0.1) is 29.1 Å². The molecule has 0 spiro atoms. The van der Waals surface area contributed by atoms with Gasteiger partial charge in [-0.05, 0) is 38.0 Å². The number of benzene rings is 1. The van der Waals surface area contributed by atoms with E-state index in [1.807, 2.05) is 51.1 Å². The molecule has 8 heteroatoms. The Morgan fingerprint density at radius 2 is 1.93 bits per heavy atom. The summed E-state index contributed by atoms with van der Waals surface area (Å²) in [5.74, 6) is -1.35. The number of carboxylic acids is 1. The molecule has 0 aliphatic heterocycles. The van der Waals surface area contributed by atoms with E-state index in [1.165, 1.54) is 11.3 Å². The Bertz CT molecular complexity index is 992. The van der Waals surface area contributed by atoms with Crippen molar-refractivity contribution in [3.05, 3.63) is 57.7 Å². The smallest absolute Gasteiger partial charge is 0.339 e. The number of amides is 1. The summed E-state index contributed by atoms with van der Waals surface area (Å²) in [6.07, 6.45) is 0.625. The number of aromatic carboxylic acids is 1. The van der Waals surface area contributed by atoms with Gasteiger partial charge in [0, 0.05) is 4.88 Å². The topological polar surface area (TPSA) is 97.1 Å². The lowest BCUT2D eigenvalue weighted by atomic mass is 10.1. The van der Waals surface area contributed by atoms with Crippen LogP contribution in [-0.4, -0.2) is 32.0 Å². The molecule has 1 aromatic carbocycles. The van der Waals surface area contributed by atoms with Crippen LogP contribution in [0, 0.1) is 13.8 Å². The Morgan fingerprint density at radius 1 is 1.22 bits per heavy atom. The second kappa shape index (κ2) is 7.71. The molecule has 2 N–H and O–H groups in total. The first kappa shape index (κ1) is 18.8. The van der Waals surface area contributed by atoms with Crippen LogP contribution >= 0.6 is 11.3 Å². The molecular weight excluding hydrogens is 364 g/mol. The van der Waals surface area contributed by atoms with Crippen LogP contribution in [0.15, 0.2) is 30.3 Å². The van der Waals surface area contributed by atoms with Gasteiger partial charge >= 0.3 is 5.97 Å². The largest absolute Gasteiger partial charge is 0.478 e. The van der Waals surface area contributed by atoms with E-state index in [0.29, 0.717) is 17.1 Å². The standard InChI is InChI=1S/C19H20N4O3S/c1-4-14-12(3)27-18(17(14)19(25)26)20-16(24)10-15-11(2)23(22-21-15)13-8-6-5-7-9-13/h5-9H,4,10H2,1-3H3,(H,20,24)(H,25,26). The first-order valence-electron chi connectivity index (χ1n) is 8.54. The van der Waals surface area contributed by atoms with Gasteiger partial charge in [-0.2, -0.15) is 0 Å². The molecule has 140 valence electrons. The highest BCUT2D eigenvalue weighted by Gasteiger charge is 2.22. The summed E-state index contributed by atoms with van der Waals surface area (Å²) in [6.45, 7) is 5.61. The monoisotopic (exact) mass is 384 g/mol. The molecule has 0 saturated heterocycles. The van der Waals surface area contributed by atoms with E-state index >= 15 is 0 Å². The maximum atomic E-state index is 12.5. The van der Waals surface area contributed by atoms with Crippen molar-refractivity contribution >= 4 is 28.2 Å². The van der Waals surface area contributed by atoms with E-state index in [-0.39, 0.29) is 17.9 Å². The number of aromatic nitrogens is 3. The van der Waals surface area contributed by atoms with Crippen LogP contribution < -0.4 is 5.32 Å². The van der Waals surface area contributed by atoms with Crippen molar-refractivity contribution in [2.75, 3.05) is 5.32 Å². The highest BCUT2D eigenvalue weighted by atomic mass is 32.1. The lowest BCUT2D eigenvalue weighted by Crippen LogP contribution is -2.16. The summed E-state index contributed by atoms with van der Waals surface area (Å²) >= 11 is 1.29. The van der Waals surface area contributed by atoms with Crippen molar-refractivity contribution in [2.24, 2.45) is 0 Å². The summed E-state index contributed by atoms with van der Waals surface area (Å²) in [7, 11) is 0. The summed E-state index contributed by atoms with van der Waals surface area (Å²) in [5, 5.41) is 20.8. The molecular formula is C19H20N4O3S. The lowest BCUT2D eigenvalue weighted by molar-refractivity contribution is -0.115. The number of hydrogen-bond donors (Lipinski definition) is 2. The predicted molar refractivity (Wildman–Crippen MR) is 104 cm³/mol. The number of anilines is 1. The highest BCUT2D eigenvalue weighted by molar-refractivity contribution is 7.16. The quantitative estimate of drug-likeness (QED) is 0.679. The number of aryl methyl sites for hydroxylation is 1. The fourth-order valence-corrected chi connectivity index (χ4v) is 4.13. The highest BCUT2D eigenvalue weighted by Crippen LogP contribution is 2.33. The van der Waals surface area contributed by atoms with Gasteiger partial charge < -0.3 is 10.4 Å². The molecule has 0 unspecified atom stereocenters. The van der Waals surface area contributed by atoms with Crippen LogP contribution in [0.4, 0.5) is 5.00 Å². The van der Waals surface area contributed by atoms with Gasteiger partial charge in [-0.1, -0.05) is 30.3 Å². The zero-order valence-electron chi connectivity index (χ0n) is 15.3. The van der Waals surface area contributed by atoms with E-state index in [9.17, 15) is 14.7 Å². The predicted octanol–water partition coefficient (Wildman–Crippen LogP) is 3.39. The number of carbonyl (C=O) groups is 2. The van der Waals surface area contributed by atoms with Gasteiger partial charge in [0.1, 0.15) is 5.00 Å². The fraction of sp³-hybridized carbons (Fsp3) is 0.263. The first-order chi connectivity index (χ1) is 12.9. The number of thiophene rings is 1. The third-order valence-electron chi connectivity index (χ3n) is 4.35. The number of carbonyl (C=O) groups excluding carboxylic acids is 1. The zero-order valence-corrected chi connectivity index (χ0v) is 16.1. The number of para-hydroxylation sites is 1. The molecule has 0 aliphatic carbocycles. The average molecular weight is 384 g/mol. The molecule has 3 rings (SSSR count). The van der Waals surface area contributed by atoms with E-state index in [0.717, 1.165) is 21.8 Å². The minimum atomic E-state index is -1.03. The molecule has 0 saturated carbocycles. The Labute approximate surface area is 160 Å². The number of hydrogen-bond acceptors (Lipinski definition) is 5. The van der Waals surface area contributed by atoms with Gasteiger partial charge in [-0.15, -0.1) is 16.4 Å². The SMILES string of the molecule is CCc1c(C)sc(NC(=O)Cc2nnn(-c3ccccc3)c2C)c1C(=O)O. The summed E-state index contributed by atoms with van der Waals surface area (Å²) in [6, 6.07) is 9.54.